The summed E-state index contributed by atoms with van der Waals surface area (Å²) in [4.78, 5) is 38.4. The molecule has 0 saturated carbocycles. The van der Waals surface area contributed by atoms with Crippen LogP contribution in [0.4, 0.5) is 5.69 Å². The molecule has 0 bridgehead atoms. The summed E-state index contributed by atoms with van der Waals surface area (Å²) in [6.07, 6.45) is 0.250. The van der Waals surface area contributed by atoms with E-state index in [4.69, 9.17) is 14.7 Å². The average Bonchev–Trinajstić information content (AvgIpc) is 2.38. The Morgan fingerprint density at radius 1 is 1.10 bits per heavy atom. The summed E-state index contributed by atoms with van der Waals surface area (Å²) in [6, 6.07) is 10.6. The third-order valence-corrected chi connectivity index (χ3v) is 2.43. The molecule has 1 amide bonds. The van der Waals surface area contributed by atoms with Crippen LogP contribution in [0, 0.1) is 0 Å². The minimum absolute atomic E-state index is 0.0962. The van der Waals surface area contributed by atoms with Gasteiger partial charge in [-0.25, -0.2) is 4.79 Å². The molecule has 0 aromatic heterocycles. The summed E-state index contributed by atoms with van der Waals surface area (Å²) >= 11 is 0. The fourth-order valence-corrected chi connectivity index (χ4v) is 1.71. The average molecular weight is 273 g/mol. The second kappa shape index (κ2) is 6.82. The molecule has 0 aliphatic carbocycles. The normalized spacial score (nSPS) is 9.05. The van der Waals surface area contributed by atoms with Crippen molar-refractivity contribution in [3.8, 4) is 0 Å². The standard InChI is InChI=1S/C13H11NO3.CO2/c1-8(15)14-12-7-10-5-3-2-4-9(10)6-11(12)13(16)17;2-1-3/h2-7H,1H3,(H,14,15)(H,16,17);. The molecule has 2 N–H and O–H groups in total. The molecule has 0 saturated heterocycles. The van der Waals surface area contributed by atoms with Crippen molar-refractivity contribution in [1.82, 2.24) is 0 Å². The summed E-state index contributed by atoms with van der Waals surface area (Å²) < 4.78 is 0. The number of benzene rings is 2. The fraction of sp³-hybridized carbons (Fsp3) is 0.0714. The summed E-state index contributed by atoms with van der Waals surface area (Å²) in [6.45, 7) is 1.35. The molecule has 2 rings (SSSR count). The number of carboxylic acid groups (broad SMARTS) is 1. The second-order valence-corrected chi connectivity index (χ2v) is 3.81. The van der Waals surface area contributed by atoms with Crippen LogP contribution >= 0.6 is 0 Å². The van der Waals surface area contributed by atoms with Crippen LogP contribution in [-0.2, 0) is 14.4 Å². The van der Waals surface area contributed by atoms with E-state index in [1.165, 1.54) is 6.92 Å². The number of amides is 1. The lowest BCUT2D eigenvalue weighted by molar-refractivity contribution is -0.191. The maximum atomic E-state index is 11.1. The molecule has 0 radical (unpaired) electrons. The summed E-state index contributed by atoms with van der Waals surface area (Å²) in [5.41, 5.74) is 0.419. The molecule has 0 aliphatic heterocycles. The zero-order valence-corrected chi connectivity index (χ0v) is 10.5. The van der Waals surface area contributed by atoms with Crippen LogP contribution in [-0.4, -0.2) is 23.1 Å². The summed E-state index contributed by atoms with van der Waals surface area (Å²) in [7, 11) is 0. The monoisotopic (exact) mass is 273 g/mol. The highest BCUT2D eigenvalue weighted by Gasteiger charge is 2.12. The maximum Gasteiger partial charge on any atom is 0.373 e. The number of nitrogens with one attached hydrogen (secondary N) is 1. The van der Waals surface area contributed by atoms with Gasteiger partial charge in [-0.3, -0.25) is 4.79 Å². The van der Waals surface area contributed by atoms with Gasteiger partial charge in [0.05, 0.1) is 11.3 Å². The van der Waals surface area contributed by atoms with E-state index in [0.717, 1.165) is 10.8 Å². The van der Waals surface area contributed by atoms with Gasteiger partial charge in [0.1, 0.15) is 0 Å². The number of anilines is 1. The molecule has 0 aliphatic rings. The van der Waals surface area contributed by atoms with Crippen molar-refractivity contribution in [3.05, 3.63) is 42.0 Å². The van der Waals surface area contributed by atoms with Gasteiger partial charge in [0, 0.05) is 6.92 Å². The molecule has 2 aromatic carbocycles. The van der Waals surface area contributed by atoms with Gasteiger partial charge >= 0.3 is 12.1 Å². The van der Waals surface area contributed by atoms with Gasteiger partial charge < -0.3 is 10.4 Å². The Morgan fingerprint density at radius 3 is 2.05 bits per heavy atom. The van der Waals surface area contributed by atoms with Crippen molar-refractivity contribution in [2.24, 2.45) is 0 Å². The van der Waals surface area contributed by atoms with Crippen LogP contribution in [0.15, 0.2) is 36.4 Å². The van der Waals surface area contributed by atoms with Crippen LogP contribution < -0.4 is 5.32 Å². The van der Waals surface area contributed by atoms with Crippen LogP contribution in [0.25, 0.3) is 10.8 Å². The number of hydrogen-bond acceptors (Lipinski definition) is 4. The molecular weight excluding hydrogens is 262 g/mol. The van der Waals surface area contributed by atoms with E-state index in [1.54, 1.807) is 12.1 Å². The number of aromatic carboxylic acids is 1. The number of carbonyl (C=O) groups is 2. The Kier molecular flexibility index (Phi) is 5.14. The first-order valence-corrected chi connectivity index (χ1v) is 5.52. The lowest BCUT2D eigenvalue weighted by atomic mass is 10.0. The van der Waals surface area contributed by atoms with Crippen molar-refractivity contribution in [2.45, 2.75) is 6.92 Å². The minimum atomic E-state index is -1.06. The van der Waals surface area contributed by atoms with Crippen molar-refractivity contribution >= 4 is 34.5 Å². The van der Waals surface area contributed by atoms with E-state index < -0.39 is 5.97 Å². The second-order valence-electron chi connectivity index (χ2n) is 3.81. The molecule has 0 spiro atoms. The molecule has 0 heterocycles. The lowest BCUT2D eigenvalue weighted by Crippen LogP contribution is -2.10. The molecule has 6 nitrogen and oxygen atoms in total. The van der Waals surface area contributed by atoms with Crippen molar-refractivity contribution in [3.63, 3.8) is 0 Å². The van der Waals surface area contributed by atoms with E-state index in [2.05, 4.69) is 5.32 Å². The number of carboxylic acids is 1. The molecule has 20 heavy (non-hydrogen) atoms. The predicted octanol–water partition coefficient (Wildman–Crippen LogP) is 1.91. The third kappa shape index (κ3) is 3.76. The predicted molar refractivity (Wildman–Crippen MR) is 70.2 cm³/mol. The Hall–Kier alpha value is -2.98. The smallest absolute Gasteiger partial charge is 0.373 e. The SMILES string of the molecule is CC(=O)Nc1cc2ccccc2cc1C(=O)O.O=C=O. The van der Waals surface area contributed by atoms with E-state index in [9.17, 15) is 9.59 Å². The number of fused-ring (bicyclic) bond motifs is 1. The molecule has 102 valence electrons. The summed E-state index contributed by atoms with van der Waals surface area (Å²) in [5, 5.41) is 13.3. The van der Waals surface area contributed by atoms with Gasteiger partial charge in [0.15, 0.2) is 0 Å². The minimum Gasteiger partial charge on any atom is -0.478 e. The highest BCUT2D eigenvalue weighted by molar-refractivity contribution is 6.04. The molecule has 0 fully saturated rings. The molecule has 0 atom stereocenters. The van der Waals surface area contributed by atoms with Crippen LogP contribution in [0.3, 0.4) is 0 Å². The quantitative estimate of drug-likeness (QED) is 0.870. The van der Waals surface area contributed by atoms with Gasteiger partial charge in [0.2, 0.25) is 5.91 Å². The first kappa shape index (κ1) is 15.1. The topological polar surface area (TPSA) is 101 Å². The van der Waals surface area contributed by atoms with Gasteiger partial charge in [-0.15, -0.1) is 0 Å². The summed E-state index contributed by atoms with van der Waals surface area (Å²) in [5.74, 6) is -1.35. The Balaban J connectivity index is 0.000000612. The maximum absolute atomic E-state index is 11.1. The van der Waals surface area contributed by atoms with Crippen LogP contribution in [0.1, 0.15) is 17.3 Å². The van der Waals surface area contributed by atoms with Gasteiger partial charge in [-0.2, -0.15) is 9.59 Å². The molecule has 2 aromatic rings. The van der Waals surface area contributed by atoms with Gasteiger partial charge in [-0.1, -0.05) is 24.3 Å². The lowest BCUT2D eigenvalue weighted by Gasteiger charge is -2.08. The van der Waals surface area contributed by atoms with Crippen molar-refractivity contribution < 1.29 is 24.3 Å². The molecule has 0 unspecified atom stereocenters. The van der Waals surface area contributed by atoms with E-state index in [1.807, 2.05) is 24.3 Å². The van der Waals surface area contributed by atoms with E-state index in [0.29, 0.717) is 5.69 Å². The van der Waals surface area contributed by atoms with Gasteiger partial charge in [-0.05, 0) is 22.9 Å². The number of hydrogen-bond donors (Lipinski definition) is 2. The molecule has 6 heteroatoms. The highest BCUT2D eigenvalue weighted by atomic mass is 16.4. The van der Waals surface area contributed by atoms with E-state index >= 15 is 0 Å². The number of carbonyl (C=O) groups excluding carboxylic acids is 3. The largest absolute Gasteiger partial charge is 0.478 e. The zero-order chi connectivity index (χ0) is 15.1. The van der Waals surface area contributed by atoms with Crippen molar-refractivity contribution in [2.75, 3.05) is 5.32 Å². The van der Waals surface area contributed by atoms with Crippen LogP contribution in [0.2, 0.25) is 0 Å². The first-order valence-electron chi connectivity index (χ1n) is 5.52. The highest BCUT2D eigenvalue weighted by Crippen LogP contribution is 2.24. The Labute approximate surface area is 114 Å². The zero-order valence-electron chi connectivity index (χ0n) is 10.5. The Morgan fingerprint density at radius 2 is 1.60 bits per heavy atom. The van der Waals surface area contributed by atoms with Gasteiger partial charge in [0.25, 0.3) is 0 Å². The fourth-order valence-electron chi connectivity index (χ4n) is 1.71. The van der Waals surface area contributed by atoms with Crippen molar-refractivity contribution in [1.29, 1.82) is 0 Å². The van der Waals surface area contributed by atoms with Crippen LogP contribution in [0.5, 0.6) is 0 Å². The Bertz CT molecular complexity index is 687. The third-order valence-electron chi connectivity index (χ3n) is 2.43. The van der Waals surface area contributed by atoms with E-state index in [-0.39, 0.29) is 17.6 Å². The first-order chi connectivity index (χ1) is 9.49. The molecular formula is C14H11NO5. The number of rotatable bonds is 2.